The zero-order valence-electron chi connectivity index (χ0n) is 41.7. The van der Waals surface area contributed by atoms with Crippen LogP contribution in [0.2, 0.25) is 0 Å². The molecule has 1 saturated heterocycles. The zero-order chi connectivity index (χ0) is 49.5. The summed E-state index contributed by atoms with van der Waals surface area (Å²) >= 11 is 1.59. The van der Waals surface area contributed by atoms with Gasteiger partial charge in [0.2, 0.25) is 17.7 Å². The monoisotopic (exact) mass is 956 g/mol. The molecule has 5 aromatic rings. The molecule has 3 amide bonds. The third-order valence-corrected chi connectivity index (χ3v) is 14.1. The van der Waals surface area contributed by atoms with E-state index in [-0.39, 0.29) is 42.5 Å². The van der Waals surface area contributed by atoms with Crippen LogP contribution in [-0.2, 0) is 14.4 Å². The second-order valence-electron chi connectivity index (χ2n) is 19.3. The van der Waals surface area contributed by atoms with Crippen molar-refractivity contribution in [1.29, 1.82) is 0 Å². The van der Waals surface area contributed by atoms with Gasteiger partial charge in [-0.2, -0.15) is 0 Å². The molecule has 2 heterocycles. The summed E-state index contributed by atoms with van der Waals surface area (Å²) in [6.07, 6.45) is 5.21. The maximum absolute atomic E-state index is 14.1. The van der Waals surface area contributed by atoms with Crippen molar-refractivity contribution in [1.82, 2.24) is 25.4 Å². The van der Waals surface area contributed by atoms with E-state index in [9.17, 15) is 24.6 Å². The smallest absolute Gasteiger partial charge is 0.246 e. The minimum atomic E-state index is -0.852. The Hall–Kier alpha value is -5.82. The van der Waals surface area contributed by atoms with Crippen molar-refractivity contribution >= 4 is 40.2 Å². The number of aromatic nitrogens is 1. The Morgan fingerprint density at radius 2 is 1.49 bits per heavy atom. The molecule has 0 saturated carbocycles. The number of carbonyl (C=O) groups is 3. The van der Waals surface area contributed by atoms with E-state index in [0.29, 0.717) is 13.0 Å². The van der Waals surface area contributed by atoms with Crippen LogP contribution in [0.3, 0.4) is 0 Å². The number of ether oxygens (including phenoxy) is 1. The van der Waals surface area contributed by atoms with Gasteiger partial charge < -0.3 is 35.4 Å². The molecule has 11 nitrogen and oxygen atoms in total. The summed E-state index contributed by atoms with van der Waals surface area (Å²) in [5, 5.41) is 26.7. The van der Waals surface area contributed by atoms with Gasteiger partial charge in [0.05, 0.1) is 28.2 Å². The minimum absolute atomic E-state index is 0.0329. The van der Waals surface area contributed by atoms with Crippen LogP contribution >= 0.6 is 11.3 Å². The molecule has 0 radical (unpaired) electrons. The molecule has 1 fully saturated rings. The number of unbranched alkanes of at least 4 members (excludes halogenated alkanes) is 4. The van der Waals surface area contributed by atoms with Gasteiger partial charge in [-0.15, -0.1) is 11.3 Å². The van der Waals surface area contributed by atoms with E-state index >= 15 is 0 Å². The summed E-state index contributed by atoms with van der Waals surface area (Å²) in [4.78, 5) is 50.4. The number of aromatic hydroxyl groups is 1. The highest BCUT2D eigenvalue weighted by molar-refractivity contribution is 7.13. The van der Waals surface area contributed by atoms with E-state index in [2.05, 4.69) is 70.8 Å². The number of amides is 3. The number of thiazole rings is 1. The quantitative estimate of drug-likeness (QED) is 0.0374. The number of nitrogens with zero attached hydrogens (tertiary/aromatic N) is 3. The van der Waals surface area contributed by atoms with E-state index in [1.165, 1.54) is 16.0 Å². The summed E-state index contributed by atoms with van der Waals surface area (Å²) in [7, 11) is 0. The van der Waals surface area contributed by atoms with Crippen molar-refractivity contribution in [2.24, 2.45) is 5.41 Å². The van der Waals surface area contributed by atoms with Crippen LogP contribution in [-0.4, -0.2) is 93.7 Å². The van der Waals surface area contributed by atoms with Gasteiger partial charge in [0.15, 0.2) is 0 Å². The molecule has 368 valence electrons. The summed E-state index contributed by atoms with van der Waals surface area (Å²) in [5.74, 6) is 0.201. The van der Waals surface area contributed by atoms with Gasteiger partial charge in [-0.3, -0.25) is 14.4 Å². The number of allylic oxidation sites excluding steroid dienone is 1. The lowest BCUT2D eigenvalue weighted by molar-refractivity contribution is -0.144. The summed E-state index contributed by atoms with van der Waals surface area (Å²) < 4.78 is 6.22. The van der Waals surface area contributed by atoms with Crippen LogP contribution in [0.5, 0.6) is 11.5 Å². The Morgan fingerprint density at radius 1 is 0.841 bits per heavy atom. The number of benzene rings is 4. The average Bonchev–Trinajstić information content (AvgIpc) is 3.97. The number of phenols is 1. The van der Waals surface area contributed by atoms with Gasteiger partial charge in [0, 0.05) is 25.9 Å². The topological polar surface area (TPSA) is 144 Å². The highest BCUT2D eigenvalue weighted by Crippen LogP contribution is 2.36. The van der Waals surface area contributed by atoms with Gasteiger partial charge >= 0.3 is 0 Å². The highest BCUT2D eigenvalue weighted by Gasteiger charge is 2.44. The molecular weight excluding hydrogens is 883 g/mol. The number of phenolic OH excluding ortho intramolecular Hbond substituents is 1. The van der Waals surface area contributed by atoms with Crippen LogP contribution in [0.1, 0.15) is 127 Å². The molecule has 0 unspecified atom stereocenters. The molecule has 0 bridgehead atoms. The zero-order valence-corrected chi connectivity index (χ0v) is 42.5. The minimum Gasteiger partial charge on any atom is -0.508 e. The first-order chi connectivity index (χ1) is 33.2. The number of likely N-dealkylation sites (tertiary alicyclic amines) is 1. The van der Waals surface area contributed by atoms with Crippen LogP contribution in [0.25, 0.3) is 21.6 Å². The molecule has 69 heavy (non-hydrogen) atoms. The van der Waals surface area contributed by atoms with Crippen molar-refractivity contribution in [3.63, 3.8) is 0 Å². The maximum Gasteiger partial charge on any atom is 0.246 e. The molecule has 4 aromatic carbocycles. The van der Waals surface area contributed by atoms with Gasteiger partial charge in [0.25, 0.3) is 0 Å². The molecule has 12 heteroatoms. The molecular formula is C57H73N5O6S. The second-order valence-corrected chi connectivity index (χ2v) is 20.2. The van der Waals surface area contributed by atoms with E-state index in [0.717, 1.165) is 102 Å². The van der Waals surface area contributed by atoms with Gasteiger partial charge in [-0.1, -0.05) is 133 Å². The van der Waals surface area contributed by atoms with Gasteiger partial charge in [-0.05, 0) is 115 Å². The lowest BCUT2D eigenvalue weighted by Crippen LogP contribution is -2.57. The summed E-state index contributed by atoms with van der Waals surface area (Å²) in [6, 6.07) is 32.2. The Bertz CT molecular complexity index is 2450. The molecule has 1 aliphatic heterocycles. The fourth-order valence-corrected chi connectivity index (χ4v) is 9.96. The number of β-amino-alcohol motifs (C(OH)–C–C–N with tert-alkyl or cyclic N) is 1. The lowest BCUT2D eigenvalue weighted by atomic mass is 9.85. The number of hydrogen-bond acceptors (Lipinski definition) is 9. The van der Waals surface area contributed by atoms with E-state index in [1.54, 1.807) is 23.5 Å². The molecule has 1 aromatic heterocycles. The van der Waals surface area contributed by atoms with E-state index < -0.39 is 23.6 Å². The van der Waals surface area contributed by atoms with E-state index in [1.807, 2.05) is 94.7 Å². The normalized spacial score (nSPS) is 16.2. The fraction of sp³-hybridized carbons (Fsp3) is 0.439. The lowest BCUT2D eigenvalue weighted by Gasteiger charge is -2.35. The first-order valence-corrected chi connectivity index (χ1v) is 25.7. The molecule has 6 rings (SSSR count). The predicted molar refractivity (Wildman–Crippen MR) is 279 cm³/mol. The van der Waals surface area contributed by atoms with Crippen molar-refractivity contribution in [2.45, 2.75) is 124 Å². The largest absolute Gasteiger partial charge is 0.508 e. The number of hydrogen-bond donors (Lipinski definition) is 4. The van der Waals surface area contributed by atoms with Crippen molar-refractivity contribution < 1.29 is 29.3 Å². The third kappa shape index (κ3) is 14.6. The van der Waals surface area contributed by atoms with Gasteiger partial charge in [-0.25, -0.2) is 4.98 Å². The SMILES string of the molecule is CC/C(=C(\c1ccc(O)cc1)c1ccc(OCCN(CC)CCCCCCCC(=O)N[C@H](C(=O)N2C[C@H](O)C[C@H]2C(=O)N[C@@H](C)c2ccc(-c3scnc3C)cc2)C(C)(C)C)cc1)c1ccccc1. The maximum atomic E-state index is 14.1. The van der Waals surface area contributed by atoms with Gasteiger partial charge in [0.1, 0.15) is 30.2 Å². The number of likely N-dealkylation sites (N-methyl/N-ethyl adjacent to an activating group) is 1. The third-order valence-electron chi connectivity index (χ3n) is 13.1. The standard InChI is InChI=1S/C57H73N5O6S/c1-8-49(42-18-14-13-15-19-42)52(43-25-29-46(63)30-26-43)44-27-31-48(32-28-44)68-35-34-61(9-2)33-17-12-10-11-16-20-51(65)60-54(57(5,6)7)56(67)62-37-47(64)36-50(62)55(66)59-39(3)41-21-23-45(24-22-41)53-40(4)58-38-69-53/h13-15,18-19,21-32,38-39,47,50,54,63-64H,8-12,16-17,20,33-37H2,1-7H3,(H,59,66)(H,60,65)/b52-49-/t39-,47+,50-,54+/m0/s1. The fourth-order valence-electron chi connectivity index (χ4n) is 9.15. The Balaban J connectivity index is 0.910. The predicted octanol–water partition coefficient (Wildman–Crippen LogP) is 10.6. The number of carbonyl (C=O) groups excluding carboxylic acids is 3. The second kappa shape index (κ2) is 25.2. The van der Waals surface area contributed by atoms with Crippen molar-refractivity contribution in [2.75, 3.05) is 32.8 Å². The first kappa shape index (κ1) is 52.5. The number of aliphatic hydroxyl groups excluding tert-OH is 1. The van der Waals surface area contributed by atoms with E-state index in [4.69, 9.17) is 4.74 Å². The Kier molecular flexibility index (Phi) is 19.2. The van der Waals surface area contributed by atoms with Crippen LogP contribution < -0.4 is 15.4 Å². The summed E-state index contributed by atoms with van der Waals surface area (Å²) in [6.45, 7) is 17.3. The molecule has 4 atom stereocenters. The number of nitrogens with one attached hydrogen (secondary N) is 2. The molecule has 1 aliphatic rings. The van der Waals surface area contributed by atoms with Crippen molar-refractivity contribution in [3.8, 4) is 21.9 Å². The highest BCUT2D eigenvalue weighted by atomic mass is 32.1. The van der Waals surface area contributed by atoms with Crippen LogP contribution in [0.4, 0.5) is 0 Å². The van der Waals surface area contributed by atoms with Crippen molar-refractivity contribution in [3.05, 3.63) is 137 Å². The average molecular weight is 956 g/mol. The van der Waals surface area contributed by atoms with Crippen LogP contribution in [0.15, 0.2) is 109 Å². The van der Waals surface area contributed by atoms with Crippen LogP contribution in [0, 0.1) is 12.3 Å². The first-order valence-electron chi connectivity index (χ1n) is 24.8. The number of aliphatic hydroxyl groups is 1. The molecule has 0 spiro atoms. The number of aryl methyl sites for hydroxylation is 1. The Labute approximate surface area is 414 Å². The Morgan fingerprint density at radius 3 is 2.12 bits per heavy atom. The molecule has 4 N–H and O–H groups in total. The number of rotatable bonds is 23. The molecule has 0 aliphatic carbocycles. The summed E-state index contributed by atoms with van der Waals surface area (Å²) in [5.41, 5.74) is 9.88.